The van der Waals surface area contributed by atoms with E-state index >= 15 is 0 Å². The topological polar surface area (TPSA) is 67.9 Å². The number of hydrogen-bond acceptors (Lipinski definition) is 5. The van der Waals surface area contributed by atoms with Crippen molar-refractivity contribution < 1.29 is 23.5 Å². The normalized spacial score (nSPS) is 17.7. The number of piperidine rings is 1. The molecule has 1 atom stereocenters. The molecular formula is C24H27FN2O4. The molecule has 2 aliphatic heterocycles. The van der Waals surface area contributed by atoms with E-state index in [1.54, 1.807) is 30.3 Å². The lowest BCUT2D eigenvalue weighted by molar-refractivity contribution is -0.126. The molecular weight excluding hydrogens is 399 g/mol. The molecule has 0 bridgehead atoms. The molecule has 2 aromatic carbocycles. The lowest BCUT2D eigenvalue weighted by Gasteiger charge is -2.34. The van der Waals surface area contributed by atoms with Gasteiger partial charge in [-0.15, -0.1) is 0 Å². The number of nitrogens with one attached hydrogen (secondary N) is 1. The summed E-state index contributed by atoms with van der Waals surface area (Å²) in [4.78, 5) is 27.6. The van der Waals surface area contributed by atoms with Crippen LogP contribution in [0.4, 0.5) is 4.39 Å². The second-order valence-electron chi connectivity index (χ2n) is 8.05. The van der Waals surface area contributed by atoms with Crippen molar-refractivity contribution in [3.8, 4) is 11.5 Å². The molecule has 0 unspecified atom stereocenters. The number of ketones is 1. The summed E-state index contributed by atoms with van der Waals surface area (Å²) in [5.74, 6) is 0.996. The third kappa shape index (κ3) is 5.05. The Hall–Kier alpha value is -2.93. The highest BCUT2D eigenvalue weighted by Gasteiger charge is 2.30. The number of likely N-dealkylation sites (tertiary alicyclic amines) is 1. The molecule has 7 heteroatoms. The van der Waals surface area contributed by atoms with E-state index in [1.807, 2.05) is 6.92 Å². The number of hydrogen-bond donors (Lipinski definition) is 1. The van der Waals surface area contributed by atoms with Gasteiger partial charge in [-0.05, 0) is 68.8 Å². The highest BCUT2D eigenvalue weighted by Crippen LogP contribution is 2.32. The molecule has 0 radical (unpaired) electrons. The maximum Gasteiger partial charge on any atom is 0.237 e. The molecule has 0 saturated carbocycles. The van der Waals surface area contributed by atoms with Crippen LogP contribution in [0.25, 0.3) is 0 Å². The molecule has 2 aromatic rings. The molecule has 0 aliphatic carbocycles. The van der Waals surface area contributed by atoms with Crippen LogP contribution in [0.15, 0.2) is 42.5 Å². The summed E-state index contributed by atoms with van der Waals surface area (Å²) in [6.07, 6.45) is 1.42. The van der Waals surface area contributed by atoms with E-state index in [1.165, 1.54) is 12.1 Å². The van der Waals surface area contributed by atoms with Crippen molar-refractivity contribution in [3.05, 3.63) is 59.4 Å². The van der Waals surface area contributed by atoms with E-state index in [-0.39, 0.29) is 29.5 Å². The van der Waals surface area contributed by atoms with Crippen molar-refractivity contribution in [1.82, 2.24) is 10.2 Å². The Labute approximate surface area is 181 Å². The minimum Gasteiger partial charge on any atom is -0.486 e. The van der Waals surface area contributed by atoms with Crippen LogP contribution >= 0.6 is 0 Å². The predicted molar refractivity (Wildman–Crippen MR) is 114 cm³/mol. The Kier molecular flexibility index (Phi) is 6.51. The Morgan fingerprint density at radius 3 is 2.45 bits per heavy atom. The zero-order valence-corrected chi connectivity index (χ0v) is 17.6. The van der Waals surface area contributed by atoms with Gasteiger partial charge in [-0.2, -0.15) is 0 Å². The number of ether oxygens (including phenoxy) is 2. The smallest absolute Gasteiger partial charge is 0.237 e. The molecule has 31 heavy (non-hydrogen) atoms. The van der Waals surface area contributed by atoms with E-state index in [2.05, 4.69) is 10.2 Å². The largest absolute Gasteiger partial charge is 0.486 e. The summed E-state index contributed by atoms with van der Waals surface area (Å²) in [5.41, 5.74) is 1.50. The minimum absolute atomic E-state index is 0.0618. The molecule has 0 aromatic heterocycles. The first kappa shape index (κ1) is 21.3. The number of benzene rings is 2. The van der Waals surface area contributed by atoms with Gasteiger partial charge >= 0.3 is 0 Å². The Morgan fingerprint density at radius 1 is 1.06 bits per heavy atom. The van der Waals surface area contributed by atoms with Crippen LogP contribution in [0.2, 0.25) is 0 Å². The van der Waals surface area contributed by atoms with Crippen molar-refractivity contribution >= 4 is 11.7 Å². The highest BCUT2D eigenvalue weighted by molar-refractivity contribution is 5.98. The molecule has 1 fully saturated rings. The number of amides is 1. The fourth-order valence-corrected chi connectivity index (χ4v) is 4.09. The van der Waals surface area contributed by atoms with Crippen LogP contribution in [-0.2, 0) is 11.3 Å². The van der Waals surface area contributed by atoms with E-state index in [0.717, 1.165) is 5.56 Å². The van der Waals surface area contributed by atoms with Gasteiger partial charge < -0.3 is 14.8 Å². The van der Waals surface area contributed by atoms with E-state index in [9.17, 15) is 14.0 Å². The summed E-state index contributed by atoms with van der Waals surface area (Å²) in [6, 6.07) is 11.2. The summed E-state index contributed by atoms with van der Waals surface area (Å²) < 4.78 is 24.1. The van der Waals surface area contributed by atoms with Crippen molar-refractivity contribution in [2.45, 2.75) is 32.4 Å². The molecule has 164 valence electrons. The molecule has 6 nitrogen and oxygen atoms in total. The van der Waals surface area contributed by atoms with Crippen LogP contribution < -0.4 is 14.8 Å². The van der Waals surface area contributed by atoms with E-state index in [0.29, 0.717) is 62.8 Å². The monoisotopic (exact) mass is 426 g/mol. The van der Waals surface area contributed by atoms with Gasteiger partial charge in [0, 0.05) is 18.0 Å². The third-order valence-corrected chi connectivity index (χ3v) is 6.03. The van der Waals surface area contributed by atoms with Gasteiger partial charge in [0.15, 0.2) is 17.3 Å². The molecule has 1 saturated heterocycles. The first-order valence-corrected chi connectivity index (χ1v) is 10.7. The highest BCUT2D eigenvalue weighted by atomic mass is 19.1. The second kappa shape index (κ2) is 9.47. The van der Waals surface area contributed by atoms with Gasteiger partial charge in [0.05, 0.1) is 6.04 Å². The minimum atomic E-state index is -0.294. The average Bonchev–Trinajstić information content (AvgIpc) is 2.82. The SMILES string of the molecule is C[C@H](C(=O)NCc1ccc(F)cc1)N1CCC(C(=O)c2ccc3c(c2)OCCO3)CC1. The summed E-state index contributed by atoms with van der Waals surface area (Å²) >= 11 is 0. The van der Waals surface area contributed by atoms with Crippen LogP contribution in [-0.4, -0.2) is 48.9 Å². The average molecular weight is 426 g/mol. The number of fused-ring (bicyclic) bond motifs is 1. The quantitative estimate of drug-likeness (QED) is 0.719. The lowest BCUT2D eigenvalue weighted by Crippen LogP contribution is -2.48. The van der Waals surface area contributed by atoms with Gasteiger partial charge in [0.1, 0.15) is 19.0 Å². The van der Waals surface area contributed by atoms with Crippen molar-refractivity contribution in [1.29, 1.82) is 0 Å². The number of halogens is 1. The number of nitrogens with zero attached hydrogens (tertiary/aromatic N) is 1. The maximum absolute atomic E-state index is 13.0. The second-order valence-corrected chi connectivity index (χ2v) is 8.05. The fourth-order valence-electron chi connectivity index (χ4n) is 4.09. The lowest BCUT2D eigenvalue weighted by atomic mass is 9.88. The van der Waals surface area contributed by atoms with Crippen LogP contribution in [0, 0.1) is 11.7 Å². The molecule has 0 spiro atoms. The van der Waals surface area contributed by atoms with Gasteiger partial charge in [0.2, 0.25) is 5.91 Å². The number of carbonyl (C=O) groups is 2. The summed E-state index contributed by atoms with van der Waals surface area (Å²) in [6.45, 7) is 4.63. The number of carbonyl (C=O) groups excluding carboxylic acids is 2. The Bertz CT molecular complexity index is 939. The first-order valence-electron chi connectivity index (χ1n) is 10.7. The van der Waals surface area contributed by atoms with Gasteiger partial charge in [-0.1, -0.05) is 12.1 Å². The van der Waals surface area contributed by atoms with Gasteiger partial charge in [0.25, 0.3) is 0 Å². The zero-order valence-electron chi connectivity index (χ0n) is 17.6. The van der Waals surface area contributed by atoms with Gasteiger partial charge in [-0.25, -0.2) is 4.39 Å². The summed E-state index contributed by atoms with van der Waals surface area (Å²) in [5, 5.41) is 2.91. The van der Waals surface area contributed by atoms with Crippen LogP contribution in [0.5, 0.6) is 11.5 Å². The van der Waals surface area contributed by atoms with E-state index in [4.69, 9.17) is 9.47 Å². The third-order valence-electron chi connectivity index (χ3n) is 6.03. The molecule has 2 heterocycles. The molecule has 1 N–H and O–H groups in total. The predicted octanol–water partition coefficient (Wildman–Crippen LogP) is 3.20. The molecule has 1 amide bonds. The zero-order chi connectivity index (χ0) is 21.8. The first-order chi connectivity index (χ1) is 15.0. The van der Waals surface area contributed by atoms with E-state index < -0.39 is 0 Å². The van der Waals surface area contributed by atoms with Gasteiger partial charge in [-0.3, -0.25) is 14.5 Å². The maximum atomic E-state index is 13.0. The standard InChI is InChI=1S/C24H27FN2O4/c1-16(24(29)26-15-17-2-5-20(25)6-3-17)27-10-8-18(9-11-27)23(28)19-4-7-21-22(14-19)31-13-12-30-21/h2-7,14,16,18H,8-13,15H2,1H3,(H,26,29)/t16-/m1/s1. The van der Waals surface area contributed by atoms with Crippen LogP contribution in [0.1, 0.15) is 35.7 Å². The van der Waals surface area contributed by atoms with Crippen molar-refractivity contribution in [2.24, 2.45) is 5.92 Å². The van der Waals surface area contributed by atoms with Crippen molar-refractivity contribution in [3.63, 3.8) is 0 Å². The number of Topliss-reactive ketones (excluding diaryl/α,β-unsaturated/α-hetero) is 1. The molecule has 4 rings (SSSR count). The number of rotatable bonds is 6. The molecule has 2 aliphatic rings. The summed E-state index contributed by atoms with van der Waals surface area (Å²) in [7, 11) is 0. The van der Waals surface area contributed by atoms with Crippen molar-refractivity contribution in [2.75, 3.05) is 26.3 Å². The van der Waals surface area contributed by atoms with Crippen LogP contribution in [0.3, 0.4) is 0 Å². The Balaban J connectivity index is 1.28. The Morgan fingerprint density at radius 2 is 1.74 bits per heavy atom. The fraction of sp³-hybridized carbons (Fsp3) is 0.417.